The molecular formula is C18H21N5O3. The molecule has 0 bridgehead atoms. The lowest BCUT2D eigenvalue weighted by Gasteiger charge is -2.16. The molecule has 3 N–H and O–H groups in total. The Morgan fingerprint density at radius 2 is 2.08 bits per heavy atom. The molecule has 0 saturated carbocycles. The number of anilines is 1. The number of aromatic nitrogens is 2. The van der Waals surface area contributed by atoms with Gasteiger partial charge in [0.1, 0.15) is 11.8 Å². The number of fused-ring (bicyclic) bond motifs is 1. The van der Waals surface area contributed by atoms with Crippen molar-refractivity contribution < 1.29 is 14.1 Å². The quantitative estimate of drug-likeness (QED) is 0.588. The topological polar surface area (TPSA) is 101 Å². The molecule has 0 aliphatic carbocycles. The molecule has 8 heteroatoms. The second-order valence-corrected chi connectivity index (χ2v) is 6.04. The SMILES string of the molecule is CCC(NNC(=O)c1cn(C)c2ccccc12)C(=O)Nc1cc(C)on1. The molecule has 3 aromatic rings. The Bertz CT molecular complexity index is 943. The zero-order valence-corrected chi connectivity index (χ0v) is 14.9. The van der Waals surface area contributed by atoms with Crippen LogP contribution in [0.25, 0.3) is 10.9 Å². The number of carbonyl (C=O) groups excluding carboxylic acids is 2. The van der Waals surface area contributed by atoms with Crippen molar-refractivity contribution in [2.45, 2.75) is 26.3 Å². The average molecular weight is 355 g/mol. The molecule has 0 fully saturated rings. The Hall–Kier alpha value is -3.13. The van der Waals surface area contributed by atoms with Crippen molar-refractivity contribution in [2.24, 2.45) is 7.05 Å². The molecule has 1 aromatic carbocycles. The third-order valence-electron chi connectivity index (χ3n) is 4.11. The minimum atomic E-state index is -0.606. The summed E-state index contributed by atoms with van der Waals surface area (Å²) < 4.78 is 6.81. The Morgan fingerprint density at radius 1 is 1.31 bits per heavy atom. The lowest BCUT2D eigenvalue weighted by molar-refractivity contribution is -0.118. The Kier molecular flexibility index (Phi) is 5.04. The van der Waals surface area contributed by atoms with Gasteiger partial charge >= 0.3 is 0 Å². The van der Waals surface area contributed by atoms with Crippen LogP contribution >= 0.6 is 0 Å². The number of rotatable bonds is 6. The van der Waals surface area contributed by atoms with Crippen LogP contribution < -0.4 is 16.2 Å². The van der Waals surface area contributed by atoms with E-state index in [1.807, 2.05) is 42.8 Å². The van der Waals surface area contributed by atoms with Gasteiger partial charge in [-0.25, -0.2) is 5.43 Å². The second kappa shape index (κ2) is 7.40. The van der Waals surface area contributed by atoms with Crippen molar-refractivity contribution in [3.8, 4) is 0 Å². The van der Waals surface area contributed by atoms with Gasteiger partial charge in [0.15, 0.2) is 5.82 Å². The summed E-state index contributed by atoms with van der Waals surface area (Å²) in [4.78, 5) is 24.8. The molecule has 0 aliphatic rings. The van der Waals surface area contributed by atoms with Gasteiger partial charge in [0.05, 0.1) is 5.56 Å². The van der Waals surface area contributed by atoms with Gasteiger partial charge in [-0.1, -0.05) is 30.3 Å². The molecule has 136 valence electrons. The molecule has 2 amide bonds. The summed E-state index contributed by atoms with van der Waals surface area (Å²) in [5, 5.41) is 7.23. The van der Waals surface area contributed by atoms with E-state index in [1.165, 1.54) is 0 Å². The maximum Gasteiger partial charge on any atom is 0.267 e. The molecule has 2 aromatic heterocycles. The van der Waals surface area contributed by atoms with E-state index in [-0.39, 0.29) is 11.8 Å². The molecule has 0 saturated heterocycles. The van der Waals surface area contributed by atoms with Gasteiger partial charge in [-0.2, -0.15) is 0 Å². The molecule has 0 aliphatic heterocycles. The summed E-state index contributed by atoms with van der Waals surface area (Å²) >= 11 is 0. The number of benzene rings is 1. The van der Waals surface area contributed by atoms with E-state index in [9.17, 15) is 9.59 Å². The number of hydrogen-bond acceptors (Lipinski definition) is 5. The third-order valence-corrected chi connectivity index (χ3v) is 4.11. The predicted octanol–water partition coefficient (Wildman–Crippen LogP) is 2.13. The Balaban J connectivity index is 1.65. The fourth-order valence-electron chi connectivity index (χ4n) is 2.73. The second-order valence-electron chi connectivity index (χ2n) is 6.04. The maximum absolute atomic E-state index is 12.5. The first kappa shape index (κ1) is 17.7. The molecular weight excluding hydrogens is 334 g/mol. The maximum atomic E-state index is 12.5. The fourth-order valence-corrected chi connectivity index (χ4v) is 2.73. The van der Waals surface area contributed by atoms with Crippen LogP contribution in [-0.2, 0) is 11.8 Å². The van der Waals surface area contributed by atoms with Crippen molar-refractivity contribution in [3.63, 3.8) is 0 Å². The molecule has 1 unspecified atom stereocenters. The van der Waals surface area contributed by atoms with Crippen molar-refractivity contribution in [1.29, 1.82) is 0 Å². The number of carbonyl (C=O) groups is 2. The molecule has 1 atom stereocenters. The summed E-state index contributed by atoms with van der Waals surface area (Å²) in [5.41, 5.74) is 6.91. The summed E-state index contributed by atoms with van der Waals surface area (Å²) in [7, 11) is 1.88. The number of nitrogens with one attached hydrogen (secondary N) is 3. The van der Waals surface area contributed by atoms with Gasteiger partial charge in [0.25, 0.3) is 5.91 Å². The third kappa shape index (κ3) is 3.60. The van der Waals surface area contributed by atoms with E-state index in [1.54, 1.807) is 19.2 Å². The Morgan fingerprint density at radius 3 is 2.77 bits per heavy atom. The van der Waals surface area contributed by atoms with E-state index in [2.05, 4.69) is 21.3 Å². The predicted molar refractivity (Wildman–Crippen MR) is 97.5 cm³/mol. The van der Waals surface area contributed by atoms with Crippen molar-refractivity contribution in [2.75, 3.05) is 5.32 Å². The molecule has 8 nitrogen and oxygen atoms in total. The van der Waals surface area contributed by atoms with Crippen molar-refractivity contribution in [1.82, 2.24) is 20.6 Å². The van der Waals surface area contributed by atoms with Crippen LogP contribution in [0.2, 0.25) is 0 Å². The van der Waals surface area contributed by atoms with Gasteiger partial charge in [-0.05, 0) is 19.4 Å². The summed E-state index contributed by atoms with van der Waals surface area (Å²) in [5.74, 6) is 0.336. The van der Waals surface area contributed by atoms with Crippen LogP contribution in [0.3, 0.4) is 0 Å². The van der Waals surface area contributed by atoms with Gasteiger partial charge in [-0.3, -0.25) is 15.0 Å². The highest BCUT2D eigenvalue weighted by atomic mass is 16.5. The van der Waals surface area contributed by atoms with Crippen LogP contribution in [0.5, 0.6) is 0 Å². The van der Waals surface area contributed by atoms with Crippen LogP contribution in [0.15, 0.2) is 41.1 Å². The minimum absolute atomic E-state index is 0.301. The molecule has 2 heterocycles. The average Bonchev–Trinajstić information content (AvgIpc) is 3.19. The monoisotopic (exact) mass is 355 g/mol. The highest BCUT2D eigenvalue weighted by Gasteiger charge is 2.20. The summed E-state index contributed by atoms with van der Waals surface area (Å²) in [6, 6.07) is 8.66. The summed E-state index contributed by atoms with van der Waals surface area (Å²) in [6.07, 6.45) is 2.25. The molecule has 0 spiro atoms. The fraction of sp³-hybridized carbons (Fsp3) is 0.278. The largest absolute Gasteiger partial charge is 0.360 e. The first-order valence-corrected chi connectivity index (χ1v) is 8.33. The molecule has 0 radical (unpaired) electrons. The van der Waals surface area contributed by atoms with Crippen LogP contribution in [-0.4, -0.2) is 27.6 Å². The number of amides is 2. The van der Waals surface area contributed by atoms with E-state index in [0.717, 1.165) is 10.9 Å². The number of hydrogen-bond donors (Lipinski definition) is 3. The minimum Gasteiger partial charge on any atom is -0.360 e. The molecule has 3 rings (SSSR count). The smallest absolute Gasteiger partial charge is 0.267 e. The zero-order valence-electron chi connectivity index (χ0n) is 14.9. The van der Waals surface area contributed by atoms with Crippen molar-refractivity contribution >= 4 is 28.5 Å². The number of hydrazine groups is 1. The van der Waals surface area contributed by atoms with Crippen LogP contribution in [0.4, 0.5) is 5.82 Å². The lowest BCUT2D eigenvalue weighted by Crippen LogP contribution is -2.49. The lowest BCUT2D eigenvalue weighted by atomic mass is 10.1. The number of nitrogens with zero attached hydrogens (tertiary/aromatic N) is 2. The highest BCUT2D eigenvalue weighted by Crippen LogP contribution is 2.19. The van der Waals surface area contributed by atoms with Gasteiger partial charge in [0, 0.05) is 30.2 Å². The van der Waals surface area contributed by atoms with Gasteiger partial charge in [-0.15, -0.1) is 0 Å². The Labute approximate surface area is 150 Å². The number of para-hydroxylation sites is 1. The van der Waals surface area contributed by atoms with E-state index in [4.69, 9.17) is 4.52 Å². The normalized spacial score (nSPS) is 12.1. The van der Waals surface area contributed by atoms with E-state index < -0.39 is 6.04 Å². The van der Waals surface area contributed by atoms with Gasteiger partial charge < -0.3 is 14.4 Å². The summed E-state index contributed by atoms with van der Waals surface area (Å²) in [6.45, 7) is 3.58. The van der Waals surface area contributed by atoms with Crippen molar-refractivity contribution in [3.05, 3.63) is 47.9 Å². The first-order chi connectivity index (χ1) is 12.5. The van der Waals surface area contributed by atoms with E-state index in [0.29, 0.717) is 23.6 Å². The van der Waals surface area contributed by atoms with Gasteiger partial charge in [0.2, 0.25) is 5.91 Å². The van der Waals surface area contributed by atoms with Crippen LogP contribution in [0, 0.1) is 6.92 Å². The zero-order chi connectivity index (χ0) is 18.7. The highest BCUT2D eigenvalue weighted by molar-refractivity contribution is 6.07. The standard InChI is InChI=1S/C18H21N5O3/c1-4-14(18(25)19-16-9-11(2)26-22-16)20-21-17(24)13-10-23(3)15-8-6-5-7-12(13)15/h5-10,14,20H,4H2,1-3H3,(H,21,24)(H,19,22,25). The van der Waals surface area contributed by atoms with E-state index >= 15 is 0 Å². The number of aryl methyl sites for hydroxylation is 2. The molecule has 26 heavy (non-hydrogen) atoms. The van der Waals surface area contributed by atoms with Crippen LogP contribution in [0.1, 0.15) is 29.5 Å². The first-order valence-electron chi connectivity index (χ1n) is 8.33.